The van der Waals surface area contributed by atoms with Crippen molar-refractivity contribution in [3.8, 4) is 0 Å². The fourth-order valence-corrected chi connectivity index (χ4v) is 1.71. The molecular weight excluding hydrogens is 252 g/mol. The van der Waals surface area contributed by atoms with E-state index in [1.54, 1.807) is 30.7 Å². The van der Waals surface area contributed by atoms with Crippen LogP contribution in [0.1, 0.15) is 29.3 Å². The standard InChI is InChI=1S/C15H18N4O/c1-2-6-17-14-9-13(5-8-18-14)15(20)19-11-12-4-3-7-16-10-12/h3-5,7-10H,2,6,11H2,1H3,(H,17,18)(H,19,20). The van der Waals surface area contributed by atoms with Crippen LogP contribution in [0.25, 0.3) is 0 Å². The minimum absolute atomic E-state index is 0.115. The van der Waals surface area contributed by atoms with E-state index in [0.29, 0.717) is 12.1 Å². The van der Waals surface area contributed by atoms with Gasteiger partial charge in [-0.05, 0) is 30.2 Å². The molecule has 2 rings (SSSR count). The normalized spacial score (nSPS) is 10.1. The molecule has 104 valence electrons. The SMILES string of the molecule is CCCNc1cc(C(=O)NCc2cccnc2)ccn1. The molecule has 2 aromatic heterocycles. The van der Waals surface area contributed by atoms with Gasteiger partial charge in [-0.15, -0.1) is 0 Å². The quantitative estimate of drug-likeness (QED) is 0.844. The number of nitrogens with one attached hydrogen (secondary N) is 2. The Morgan fingerprint density at radius 1 is 1.30 bits per heavy atom. The van der Waals surface area contributed by atoms with E-state index >= 15 is 0 Å². The second-order valence-electron chi connectivity index (χ2n) is 4.40. The van der Waals surface area contributed by atoms with E-state index < -0.39 is 0 Å². The van der Waals surface area contributed by atoms with Crippen LogP contribution in [-0.2, 0) is 6.54 Å². The first kappa shape index (κ1) is 14.0. The summed E-state index contributed by atoms with van der Waals surface area (Å²) in [6.07, 6.45) is 6.09. The summed E-state index contributed by atoms with van der Waals surface area (Å²) < 4.78 is 0. The largest absolute Gasteiger partial charge is 0.370 e. The molecule has 0 spiro atoms. The van der Waals surface area contributed by atoms with Gasteiger partial charge in [-0.1, -0.05) is 13.0 Å². The molecule has 0 aliphatic heterocycles. The first-order valence-corrected chi connectivity index (χ1v) is 6.66. The minimum atomic E-state index is -0.115. The van der Waals surface area contributed by atoms with Crippen LogP contribution in [0.2, 0.25) is 0 Å². The Hall–Kier alpha value is -2.43. The van der Waals surface area contributed by atoms with Gasteiger partial charge in [0, 0.05) is 37.2 Å². The number of carbonyl (C=O) groups excluding carboxylic acids is 1. The van der Waals surface area contributed by atoms with Gasteiger partial charge in [-0.3, -0.25) is 9.78 Å². The number of aromatic nitrogens is 2. The third-order valence-corrected chi connectivity index (χ3v) is 2.75. The fraction of sp³-hybridized carbons (Fsp3) is 0.267. The minimum Gasteiger partial charge on any atom is -0.370 e. The zero-order chi connectivity index (χ0) is 14.2. The molecule has 0 bridgehead atoms. The lowest BCUT2D eigenvalue weighted by molar-refractivity contribution is 0.0951. The van der Waals surface area contributed by atoms with Gasteiger partial charge in [-0.25, -0.2) is 4.98 Å². The number of hydrogen-bond donors (Lipinski definition) is 2. The molecule has 2 heterocycles. The highest BCUT2D eigenvalue weighted by atomic mass is 16.1. The lowest BCUT2D eigenvalue weighted by Gasteiger charge is -2.07. The molecule has 0 aliphatic carbocycles. The molecule has 2 aromatic rings. The maximum absolute atomic E-state index is 12.1. The summed E-state index contributed by atoms with van der Waals surface area (Å²) in [5.41, 5.74) is 1.57. The molecular formula is C15H18N4O. The molecule has 0 unspecified atom stereocenters. The summed E-state index contributed by atoms with van der Waals surface area (Å²) in [6.45, 7) is 3.39. The second kappa shape index (κ2) is 7.23. The Balaban J connectivity index is 1.95. The lowest BCUT2D eigenvalue weighted by atomic mass is 10.2. The molecule has 1 amide bonds. The van der Waals surface area contributed by atoms with Crippen LogP contribution in [0.5, 0.6) is 0 Å². The highest BCUT2D eigenvalue weighted by Gasteiger charge is 2.06. The number of nitrogens with zero attached hydrogens (tertiary/aromatic N) is 2. The molecule has 5 heteroatoms. The van der Waals surface area contributed by atoms with Crippen molar-refractivity contribution in [2.45, 2.75) is 19.9 Å². The van der Waals surface area contributed by atoms with Crippen molar-refractivity contribution in [2.75, 3.05) is 11.9 Å². The predicted molar refractivity (Wildman–Crippen MR) is 78.4 cm³/mol. The van der Waals surface area contributed by atoms with Crippen LogP contribution in [0.3, 0.4) is 0 Å². The maximum Gasteiger partial charge on any atom is 0.251 e. The summed E-state index contributed by atoms with van der Waals surface area (Å²) in [7, 11) is 0. The molecule has 0 aliphatic rings. The number of amides is 1. The average molecular weight is 270 g/mol. The predicted octanol–water partition coefficient (Wildman–Crippen LogP) is 2.23. The van der Waals surface area contributed by atoms with Crippen LogP contribution >= 0.6 is 0 Å². The van der Waals surface area contributed by atoms with Crippen LogP contribution < -0.4 is 10.6 Å². The van der Waals surface area contributed by atoms with Crippen molar-refractivity contribution in [3.63, 3.8) is 0 Å². The highest BCUT2D eigenvalue weighted by molar-refractivity contribution is 5.94. The van der Waals surface area contributed by atoms with Crippen LogP contribution in [-0.4, -0.2) is 22.4 Å². The summed E-state index contributed by atoms with van der Waals surface area (Å²) in [5, 5.41) is 6.03. The van der Waals surface area contributed by atoms with E-state index in [1.807, 2.05) is 12.1 Å². The molecule has 0 atom stereocenters. The topological polar surface area (TPSA) is 66.9 Å². The average Bonchev–Trinajstić information content (AvgIpc) is 2.52. The van der Waals surface area contributed by atoms with Gasteiger partial charge in [0.2, 0.25) is 0 Å². The van der Waals surface area contributed by atoms with Gasteiger partial charge in [-0.2, -0.15) is 0 Å². The number of anilines is 1. The van der Waals surface area contributed by atoms with Crippen molar-refractivity contribution < 1.29 is 4.79 Å². The Bertz CT molecular complexity index is 557. The smallest absolute Gasteiger partial charge is 0.251 e. The van der Waals surface area contributed by atoms with E-state index in [1.165, 1.54) is 0 Å². The van der Waals surface area contributed by atoms with Crippen LogP contribution in [0.4, 0.5) is 5.82 Å². The first-order chi connectivity index (χ1) is 9.79. The number of carbonyl (C=O) groups is 1. The van der Waals surface area contributed by atoms with Crippen LogP contribution in [0.15, 0.2) is 42.9 Å². The fourth-order valence-electron chi connectivity index (χ4n) is 1.71. The van der Waals surface area contributed by atoms with E-state index in [4.69, 9.17) is 0 Å². The monoisotopic (exact) mass is 270 g/mol. The van der Waals surface area contributed by atoms with Gasteiger partial charge >= 0.3 is 0 Å². The lowest BCUT2D eigenvalue weighted by Crippen LogP contribution is -2.23. The van der Waals surface area contributed by atoms with E-state index in [2.05, 4.69) is 27.5 Å². The summed E-state index contributed by atoms with van der Waals surface area (Å²) in [5.74, 6) is 0.608. The Morgan fingerprint density at radius 2 is 2.20 bits per heavy atom. The second-order valence-corrected chi connectivity index (χ2v) is 4.40. The molecule has 5 nitrogen and oxygen atoms in total. The van der Waals surface area contributed by atoms with Gasteiger partial charge < -0.3 is 10.6 Å². The zero-order valence-electron chi connectivity index (χ0n) is 11.5. The molecule has 2 N–H and O–H groups in total. The molecule has 0 aromatic carbocycles. The van der Waals surface area contributed by atoms with E-state index in [0.717, 1.165) is 24.3 Å². The van der Waals surface area contributed by atoms with Crippen molar-refractivity contribution in [1.82, 2.24) is 15.3 Å². The van der Waals surface area contributed by atoms with Crippen molar-refractivity contribution in [3.05, 3.63) is 54.0 Å². The zero-order valence-corrected chi connectivity index (χ0v) is 11.5. The molecule has 20 heavy (non-hydrogen) atoms. The Morgan fingerprint density at radius 3 is 2.95 bits per heavy atom. The summed E-state index contributed by atoms with van der Waals surface area (Å²) in [4.78, 5) is 20.2. The maximum atomic E-state index is 12.1. The van der Waals surface area contributed by atoms with Crippen LogP contribution in [0, 0.1) is 0 Å². The summed E-state index contributed by atoms with van der Waals surface area (Å²) >= 11 is 0. The van der Waals surface area contributed by atoms with Crippen molar-refractivity contribution in [2.24, 2.45) is 0 Å². The number of hydrogen-bond acceptors (Lipinski definition) is 4. The number of pyridine rings is 2. The van der Waals surface area contributed by atoms with E-state index in [-0.39, 0.29) is 5.91 Å². The summed E-state index contributed by atoms with van der Waals surface area (Å²) in [6, 6.07) is 7.23. The third-order valence-electron chi connectivity index (χ3n) is 2.75. The Labute approximate surface area is 118 Å². The third kappa shape index (κ3) is 4.05. The van der Waals surface area contributed by atoms with Gasteiger partial charge in [0.1, 0.15) is 5.82 Å². The first-order valence-electron chi connectivity index (χ1n) is 6.66. The van der Waals surface area contributed by atoms with Crippen molar-refractivity contribution >= 4 is 11.7 Å². The highest BCUT2D eigenvalue weighted by Crippen LogP contribution is 2.07. The van der Waals surface area contributed by atoms with Crippen molar-refractivity contribution in [1.29, 1.82) is 0 Å². The number of rotatable bonds is 6. The molecule has 0 fully saturated rings. The van der Waals surface area contributed by atoms with Gasteiger partial charge in [0.15, 0.2) is 0 Å². The van der Waals surface area contributed by atoms with E-state index in [9.17, 15) is 4.79 Å². The molecule has 0 saturated heterocycles. The van der Waals surface area contributed by atoms with Gasteiger partial charge in [0.05, 0.1) is 0 Å². The molecule has 0 radical (unpaired) electrons. The molecule has 0 saturated carbocycles. The van der Waals surface area contributed by atoms with Gasteiger partial charge in [0.25, 0.3) is 5.91 Å². The Kier molecular flexibility index (Phi) is 5.06.